The lowest BCUT2D eigenvalue weighted by molar-refractivity contribution is 0.483. The molecular weight excluding hydrogens is 234 g/mol. The summed E-state index contributed by atoms with van der Waals surface area (Å²) in [5.74, 6) is 1.06. The molecule has 2 aromatic rings. The fraction of sp³-hybridized carbons (Fsp3) is 0.412. The molecule has 0 radical (unpaired) electrons. The topological polar surface area (TPSA) is 25.2 Å². The molecule has 1 aromatic heterocycles. The molecule has 0 amide bonds. The molecule has 0 bridgehead atoms. The van der Waals surface area contributed by atoms with Crippen molar-refractivity contribution in [3.05, 3.63) is 46.9 Å². The molecule has 0 saturated heterocycles. The van der Waals surface area contributed by atoms with Gasteiger partial charge in [0, 0.05) is 11.6 Å². The van der Waals surface area contributed by atoms with E-state index in [1.165, 1.54) is 40.7 Å². The monoisotopic (exact) mass is 255 g/mol. The van der Waals surface area contributed by atoms with Crippen LogP contribution in [0.4, 0.5) is 0 Å². The van der Waals surface area contributed by atoms with E-state index >= 15 is 0 Å². The van der Waals surface area contributed by atoms with Gasteiger partial charge in [-0.25, -0.2) is 0 Å². The Balaban J connectivity index is 1.95. The Morgan fingerprint density at radius 3 is 2.47 bits per heavy atom. The van der Waals surface area contributed by atoms with E-state index in [0.717, 1.165) is 12.3 Å². The molecule has 1 aliphatic rings. The van der Waals surface area contributed by atoms with Gasteiger partial charge in [-0.2, -0.15) is 0 Å². The summed E-state index contributed by atoms with van der Waals surface area (Å²) in [5.41, 5.74) is 6.54. The Labute approximate surface area is 114 Å². The van der Waals surface area contributed by atoms with Crippen LogP contribution in [0, 0.1) is 20.8 Å². The van der Waals surface area contributed by atoms with Gasteiger partial charge < -0.3 is 9.73 Å². The smallest absolute Gasteiger partial charge is 0.125 e. The van der Waals surface area contributed by atoms with Crippen molar-refractivity contribution < 1.29 is 4.42 Å². The molecule has 1 saturated carbocycles. The second-order valence-electron chi connectivity index (χ2n) is 5.69. The van der Waals surface area contributed by atoms with Gasteiger partial charge in [0.25, 0.3) is 0 Å². The average molecular weight is 255 g/mol. The van der Waals surface area contributed by atoms with Gasteiger partial charge in [-0.3, -0.25) is 0 Å². The third-order valence-electron chi connectivity index (χ3n) is 3.82. The molecule has 0 unspecified atom stereocenters. The highest BCUT2D eigenvalue weighted by molar-refractivity contribution is 5.72. The first-order valence-electron chi connectivity index (χ1n) is 7.03. The molecule has 100 valence electrons. The summed E-state index contributed by atoms with van der Waals surface area (Å²) in [6.45, 7) is 7.34. The van der Waals surface area contributed by atoms with Crippen molar-refractivity contribution >= 4 is 0 Å². The molecule has 0 atom stereocenters. The number of hydrogen-bond donors (Lipinski definition) is 1. The van der Waals surface area contributed by atoms with Crippen molar-refractivity contribution in [1.29, 1.82) is 0 Å². The van der Waals surface area contributed by atoms with Crippen molar-refractivity contribution in [1.82, 2.24) is 5.32 Å². The SMILES string of the molecule is Cc1cc(C)c(-c2ccoc2CNC2CC2)c(C)c1. The van der Waals surface area contributed by atoms with Gasteiger partial charge in [0.2, 0.25) is 0 Å². The molecule has 1 heterocycles. The van der Waals surface area contributed by atoms with Gasteiger partial charge in [0.1, 0.15) is 5.76 Å². The van der Waals surface area contributed by atoms with Crippen LogP contribution in [0.1, 0.15) is 35.3 Å². The molecule has 0 spiro atoms. The molecule has 2 heteroatoms. The van der Waals surface area contributed by atoms with Crippen LogP contribution in [0.5, 0.6) is 0 Å². The Kier molecular flexibility index (Phi) is 3.19. The van der Waals surface area contributed by atoms with Crippen LogP contribution < -0.4 is 5.32 Å². The Morgan fingerprint density at radius 1 is 1.16 bits per heavy atom. The zero-order valence-corrected chi connectivity index (χ0v) is 11.9. The van der Waals surface area contributed by atoms with Crippen molar-refractivity contribution in [3.63, 3.8) is 0 Å². The second kappa shape index (κ2) is 4.86. The van der Waals surface area contributed by atoms with E-state index in [0.29, 0.717) is 6.04 Å². The van der Waals surface area contributed by atoms with Crippen molar-refractivity contribution in [2.75, 3.05) is 0 Å². The van der Waals surface area contributed by atoms with Crippen LogP contribution >= 0.6 is 0 Å². The van der Waals surface area contributed by atoms with Gasteiger partial charge in [0.05, 0.1) is 12.8 Å². The zero-order valence-electron chi connectivity index (χ0n) is 11.9. The van der Waals surface area contributed by atoms with Crippen LogP contribution in [0.15, 0.2) is 28.9 Å². The first-order chi connectivity index (χ1) is 9.15. The largest absolute Gasteiger partial charge is 0.467 e. The van der Waals surface area contributed by atoms with Crippen LogP contribution in [0.2, 0.25) is 0 Å². The van der Waals surface area contributed by atoms with Crippen LogP contribution in [0.25, 0.3) is 11.1 Å². The number of nitrogens with one attached hydrogen (secondary N) is 1. The molecule has 2 nitrogen and oxygen atoms in total. The first-order valence-corrected chi connectivity index (χ1v) is 7.03. The predicted octanol–water partition coefficient (Wildman–Crippen LogP) is 4.12. The summed E-state index contributed by atoms with van der Waals surface area (Å²) in [7, 11) is 0. The molecular formula is C17H21NO. The molecule has 3 rings (SSSR count). The van der Waals surface area contributed by atoms with Gasteiger partial charge in [-0.1, -0.05) is 17.7 Å². The Bertz CT molecular complexity index is 570. The van der Waals surface area contributed by atoms with Crippen molar-refractivity contribution in [2.45, 2.75) is 46.2 Å². The fourth-order valence-corrected chi connectivity index (χ4v) is 2.83. The summed E-state index contributed by atoms with van der Waals surface area (Å²) in [6.07, 6.45) is 4.41. The van der Waals surface area contributed by atoms with E-state index < -0.39 is 0 Å². The standard InChI is InChI=1S/C17H21NO/c1-11-8-12(2)17(13(3)9-11)15-6-7-19-16(15)10-18-14-4-5-14/h6-9,14,18H,4-5,10H2,1-3H3. The Hall–Kier alpha value is -1.54. The number of rotatable bonds is 4. The summed E-state index contributed by atoms with van der Waals surface area (Å²) in [4.78, 5) is 0. The average Bonchev–Trinajstić information content (AvgIpc) is 3.06. The molecule has 1 aliphatic carbocycles. The lowest BCUT2D eigenvalue weighted by Gasteiger charge is -2.12. The summed E-state index contributed by atoms with van der Waals surface area (Å²) < 4.78 is 5.67. The summed E-state index contributed by atoms with van der Waals surface area (Å²) in [6, 6.07) is 7.29. The highest BCUT2D eigenvalue weighted by Gasteiger charge is 2.22. The maximum Gasteiger partial charge on any atom is 0.125 e. The van der Waals surface area contributed by atoms with E-state index in [9.17, 15) is 0 Å². The zero-order chi connectivity index (χ0) is 13.4. The van der Waals surface area contributed by atoms with Gasteiger partial charge in [-0.15, -0.1) is 0 Å². The van der Waals surface area contributed by atoms with E-state index in [2.05, 4.69) is 44.3 Å². The van der Waals surface area contributed by atoms with E-state index in [1.54, 1.807) is 6.26 Å². The minimum absolute atomic E-state index is 0.707. The highest BCUT2D eigenvalue weighted by atomic mass is 16.3. The first kappa shape index (κ1) is 12.5. The van der Waals surface area contributed by atoms with Gasteiger partial charge >= 0.3 is 0 Å². The molecule has 1 N–H and O–H groups in total. The summed E-state index contributed by atoms with van der Waals surface area (Å²) in [5, 5.41) is 3.53. The molecule has 0 aliphatic heterocycles. The molecule has 1 aromatic carbocycles. The summed E-state index contributed by atoms with van der Waals surface area (Å²) >= 11 is 0. The molecule has 19 heavy (non-hydrogen) atoms. The van der Waals surface area contributed by atoms with Gasteiger partial charge in [-0.05, 0) is 56.4 Å². The van der Waals surface area contributed by atoms with E-state index in [4.69, 9.17) is 4.42 Å². The lowest BCUT2D eigenvalue weighted by Crippen LogP contribution is -2.15. The maximum atomic E-state index is 5.67. The van der Waals surface area contributed by atoms with Crippen LogP contribution in [-0.2, 0) is 6.54 Å². The number of furan rings is 1. The highest BCUT2D eigenvalue weighted by Crippen LogP contribution is 2.32. The van der Waals surface area contributed by atoms with Crippen LogP contribution in [-0.4, -0.2) is 6.04 Å². The third kappa shape index (κ3) is 2.59. The minimum atomic E-state index is 0.707. The second-order valence-corrected chi connectivity index (χ2v) is 5.69. The fourth-order valence-electron chi connectivity index (χ4n) is 2.83. The van der Waals surface area contributed by atoms with Crippen molar-refractivity contribution in [3.8, 4) is 11.1 Å². The predicted molar refractivity (Wildman–Crippen MR) is 78.2 cm³/mol. The maximum absolute atomic E-state index is 5.67. The molecule has 1 fully saturated rings. The van der Waals surface area contributed by atoms with E-state index in [1.807, 2.05) is 0 Å². The quantitative estimate of drug-likeness (QED) is 0.889. The van der Waals surface area contributed by atoms with Gasteiger partial charge in [0.15, 0.2) is 0 Å². The number of benzene rings is 1. The Morgan fingerprint density at radius 2 is 1.84 bits per heavy atom. The number of aryl methyl sites for hydroxylation is 3. The minimum Gasteiger partial charge on any atom is -0.467 e. The number of hydrogen-bond acceptors (Lipinski definition) is 2. The van der Waals surface area contributed by atoms with E-state index in [-0.39, 0.29) is 0 Å². The lowest BCUT2D eigenvalue weighted by atomic mass is 9.94. The van der Waals surface area contributed by atoms with Crippen molar-refractivity contribution in [2.24, 2.45) is 0 Å². The third-order valence-corrected chi connectivity index (χ3v) is 3.82. The normalized spacial score (nSPS) is 14.9. The van der Waals surface area contributed by atoms with Crippen LogP contribution in [0.3, 0.4) is 0 Å².